The van der Waals surface area contributed by atoms with Crippen molar-refractivity contribution in [2.24, 2.45) is 7.05 Å². The molecule has 0 atom stereocenters. The Morgan fingerprint density at radius 1 is 1.43 bits per heavy atom. The number of hydrogen-bond acceptors (Lipinski definition) is 2. The third kappa shape index (κ3) is 1.55. The molecule has 0 saturated carbocycles. The summed E-state index contributed by atoms with van der Waals surface area (Å²) in [6.45, 7) is 0. The van der Waals surface area contributed by atoms with E-state index < -0.39 is 0 Å². The number of hydrogen-bond donors (Lipinski definition) is 0. The fourth-order valence-corrected chi connectivity index (χ4v) is 1.56. The molecule has 1 aromatic heterocycles. The van der Waals surface area contributed by atoms with Gasteiger partial charge in [-0.3, -0.25) is 0 Å². The molecule has 1 heterocycles. The van der Waals surface area contributed by atoms with Crippen LogP contribution in [0.2, 0.25) is 0 Å². The molecule has 5 heteroatoms. The maximum Gasteiger partial charge on any atom is 0.163 e. The molecule has 3 nitrogen and oxygen atoms in total. The van der Waals surface area contributed by atoms with Gasteiger partial charge < -0.3 is 4.57 Å². The number of nitrogens with zero attached hydrogens (tertiary/aromatic N) is 3. The number of benzene rings is 1. The minimum Gasteiger partial charge on any atom is -0.317 e. The molecule has 0 spiro atoms. The molecule has 0 radical (unpaired) electrons. The lowest BCUT2D eigenvalue weighted by Gasteiger charge is -2.01. The van der Waals surface area contributed by atoms with E-state index in [9.17, 15) is 4.39 Å². The minimum absolute atomic E-state index is 0.282. The predicted molar refractivity (Wildman–Crippen MR) is 54.1 cm³/mol. The maximum atomic E-state index is 13.0. The number of aryl methyl sites for hydroxylation is 1. The second-order valence-corrected chi connectivity index (χ2v) is 3.75. The van der Waals surface area contributed by atoms with Crippen molar-refractivity contribution in [2.75, 3.05) is 0 Å². The van der Waals surface area contributed by atoms with Crippen molar-refractivity contribution in [3.8, 4) is 11.4 Å². The lowest BCUT2D eigenvalue weighted by molar-refractivity contribution is 0.621. The Morgan fingerprint density at radius 3 is 2.79 bits per heavy atom. The number of rotatable bonds is 1. The molecule has 72 valence electrons. The Kier molecular flexibility index (Phi) is 2.33. The van der Waals surface area contributed by atoms with Gasteiger partial charge in [-0.05, 0) is 34.1 Å². The molecular weight excluding hydrogens is 249 g/mol. The standard InChI is InChI=1S/C9H7BrFN3/c1-14-5-12-13-9(14)6-2-3-8(11)7(10)4-6/h2-5H,1H3. The van der Waals surface area contributed by atoms with Crippen LogP contribution in [0.1, 0.15) is 0 Å². The van der Waals surface area contributed by atoms with Gasteiger partial charge in [-0.2, -0.15) is 0 Å². The molecular formula is C9H7BrFN3. The molecule has 0 fully saturated rings. The molecule has 1 aromatic carbocycles. The van der Waals surface area contributed by atoms with Crippen molar-refractivity contribution in [1.82, 2.24) is 14.8 Å². The lowest BCUT2D eigenvalue weighted by atomic mass is 10.2. The first-order chi connectivity index (χ1) is 6.68. The summed E-state index contributed by atoms with van der Waals surface area (Å²) < 4.78 is 15.2. The average molecular weight is 256 g/mol. The van der Waals surface area contributed by atoms with Crippen LogP contribution >= 0.6 is 15.9 Å². The van der Waals surface area contributed by atoms with Crippen LogP contribution in [-0.4, -0.2) is 14.8 Å². The SMILES string of the molecule is Cn1cnnc1-c1ccc(F)c(Br)c1. The van der Waals surface area contributed by atoms with E-state index in [1.807, 2.05) is 7.05 Å². The summed E-state index contributed by atoms with van der Waals surface area (Å²) >= 11 is 3.12. The van der Waals surface area contributed by atoms with Crippen molar-refractivity contribution < 1.29 is 4.39 Å². The van der Waals surface area contributed by atoms with E-state index in [1.165, 1.54) is 6.07 Å². The smallest absolute Gasteiger partial charge is 0.163 e. The minimum atomic E-state index is -0.282. The van der Waals surface area contributed by atoms with Crippen molar-refractivity contribution >= 4 is 15.9 Å². The van der Waals surface area contributed by atoms with E-state index in [0.717, 1.165) is 5.56 Å². The summed E-state index contributed by atoms with van der Waals surface area (Å²) in [6.07, 6.45) is 1.60. The number of aromatic nitrogens is 3. The highest BCUT2D eigenvalue weighted by atomic mass is 79.9. The average Bonchev–Trinajstić information content (AvgIpc) is 2.57. The van der Waals surface area contributed by atoms with Crippen LogP contribution in [0, 0.1) is 5.82 Å². The first-order valence-electron chi connectivity index (χ1n) is 3.98. The predicted octanol–water partition coefficient (Wildman–Crippen LogP) is 2.38. The van der Waals surface area contributed by atoms with E-state index >= 15 is 0 Å². The van der Waals surface area contributed by atoms with Gasteiger partial charge in [-0.25, -0.2) is 4.39 Å². The van der Waals surface area contributed by atoms with Crippen LogP contribution in [0.25, 0.3) is 11.4 Å². The van der Waals surface area contributed by atoms with Crippen LogP contribution in [0.15, 0.2) is 29.0 Å². The second-order valence-electron chi connectivity index (χ2n) is 2.89. The third-order valence-corrected chi connectivity index (χ3v) is 2.50. The Morgan fingerprint density at radius 2 is 2.21 bits per heavy atom. The first kappa shape index (κ1) is 9.33. The molecule has 0 unspecified atom stereocenters. The van der Waals surface area contributed by atoms with Crippen LogP contribution in [0.4, 0.5) is 4.39 Å². The number of halogens is 2. The monoisotopic (exact) mass is 255 g/mol. The van der Waals surface area contributed by atoms with Crippen LogP contribution < -0.4 is 0 Å². The molecule has 2 rings (SSSR count). The summed E-state index contributed by atoms with van der Waals surface area (Å²) in [7, 11) is 1.84. The Hall–Kier alpha value is -1.23. The van der Waals surface area contributed by atoms with Gasteiger partial charge in [0.15, 0.2) is 5.82 Å². The van der Waals surface area contributed by atoms with E-state index in [0.29, 0.717) is 10.3 Å². The van der Waals surface area contributed by atoms with E-state index in [2.05, 4.69) is 26.1 Å². The largest absolute Gasteiger partial charge is 0.317 e. The van der Waals surface area contributed by atoms with Gasteiger partial charge in [0, 0.05) is 12.6 Å². The molecule has 0 N–H and O–H groups in total. The third-order valence-electron chi connectivity index (χ3n) is 1.89. The Bertz CT molecular complexity index is 467. The molecule has 0 aliphatic rings. The molecule has 0 aliphatic carbocycles. The van der Waals surface area contributed by atoms with Crippen molar-refractivity contribution in [3.05, 3.63) is 34.8 Å². The molecule has 2 aromatic rings. The van der Waals surface area contributed by atoms with Gasteiger partial charge in [-0.15, -0.1) is 10.2 Å². The van der Waals surface area contributed by atoms with E-state index in [-0.39, 0.29) is 5.82 Å². The summed E-state index contributed by atoms with van der Waals surface area (Å²) in [6, 6.07) is 4.75. The van der Waals surface area contributed by atoms with Gasteiger partial charge in [0.25, 0.3) is 0 Å². The zero-order chi connectivity index (χ0) is 10.1. The fourth-order valence-electron chi connectivity index (χ4n) is 1.18. The Labute approximate surface area is 88.7 Å². The Balaban J connectivity index is 2.53. The molecule has 0 bridgehead atoms. The summed E-state index contributed by atoms with van der Waals surface area (Å²) in [4.78, 5) is 0. The molecule has 0 amide bonds. The van der Waals surface area contributed by atoms with Gasteiger partial charge in [0.2, 0.25) is 0 Å². The van der Waals surface area contributed by atoms with Crippen LogP contribution in [-0.2, 0) is 7.05 Å². The summed E-state index contributed by atoms with van der Waals surface area (Å²) in [5.41, 5.74) is 0.832. The van der Waals surface area contributed by atoms with Gasteiger partial charge >= 0.3 is 0 Å². The second kappa shape index (κ2) is 3.49. The molecule has 0 aliphatic heterocycles. The lowest BCUT2D eigenvalue weighted by Crippen LogP contribution is -1.91. The van der Waals surface area contributed by atoms with Crippen molar-refractivity contribution in [2.45, 2.75) is 0 Å². The summed E-state index contributed by atoms with van der Waals surface area (Å²) in [5, 5.41) is 7.68. The fraction of sp³-hybridized carbons (Fsp3) is 0.111. The normalized spacial score (nSPS) is 10.5. The highest BCUT2D eigenvalue weighted by molar-refractivity contribution is 9.10. The highest BCUT2D eigenvalue weighted by Crippen LogP contribution is 2.22. The maximum absolute atomic E-state index is 13.0. The van der Waals surface area contributed by atoms with Gasteiger partial charge in [0.1, 0.15) is 12.1 Å². The molecule has 14 heavy (non-hydrogen) atoms. The van der Waals surface area contributed by atoms with Crippen molar-refractivity contribution in [1.29, 1.82) is 0 Å². The zero-order valence-corrected chi connectivity index (χ0v) is 8.99. The van der Waals surface area contributed by atoms with Gasteiger partial charge in [0.05, 0.1) is 4.47 Å². The van der Waals surface area contributed by atoms with Crippen LogP contribution in [0.3, 0.4) is 0 Å². The molecule has 0 saturated heterocycles. The quantitative estimate of drug-likeness (QED) is 0.784. The first-order valence-corrected chi connectivity index (χ1v) is 4.77. The van der Waals surface area contributed by atoms with Gasteiger partial charge in [-0.1, -0.05) is 0 Å². The zero-order valence-electron chi connectivity index (χ0n) is 7.41. The van der Waals surface area contributed by atoms with Crippen molar-refractivity contribution in [3.63, 3.8) is 0 Å². The topological polar surface area (TPSA) is 30.7 Å². The van der Waals surface area contributed by atoms with E-state index in [4.69, 9.17) is 0 Å². The van der Waals surface area contributed by atoms with Crippen LogP contribution in [0.5, 0.6) is 0 Å². The highest BCUT2D eigenvalue weighted by Gasteiger charge is 2.06. The van der Waals surface area contributed by atoms with E-state index in [1.54, 1.807) is 23.0 Å². The summed E-state index contributed by atoms with van der Waals surface area (Å²) in [5.74, 6) is 0.432.